The number of hydrogen-bond donors (Lipinski definition) is 1. The predicted molar refractivity (Wildman–Crippen MR) is 85.8 cm³/mol. The number of halogens is 1. The summed E-state index contributed by atoms with van der Waals surface area (Å²) in [6.07, 6.45) is -0.590. The summed E-state index contributed by atoms with van der Waals surface area (Å²) in [6, 6.07) is 14.3. The van der Waals surface area contributed by atoms with Gasteiger partial charge in [0.25, 0.3) is 0 Å². The Morgan fingerprint density at radius 3 is 2.55 bits per heavy atom. The average Bonchev–Trinajstić information content (AvgIpc) is 2.52. The summed E-state index contributed by atoms with van der Waals surface area (Å²) >= 11 is 2.64. The van der Waals surface area contributed by atoms with E-state index in [-0.39, 0.29) is 6.61 Å². The molecule has 0 bridgehead atoms. The Hall–Kier alpha value is -2.34. The van der Waals surface area contributed by atoms with E-state index in [1.807, 2.05) is 37.3 Å². The molecular weight excluding hydrogens is 350 g/mol. The van der Waals surface area contributed by atoms with Gasteiger partial charge >= 0.3 is 12.1 Å². The molecule has 22 heavy (non-hydrogen) atoms. The van der Waals surface area contributed by atoms with Crippen LogP contribution in [0.3, 0.4) is 0 Å². The minimum absolute atomic E-state index is 0.175. The van der Waals surface area contributed by atoms with E-state index >= 15 is 0 Å². The van der Waals surface area contributed by atoms with Crippen LogP contribution in [0.2, 0.25) is 0 Å². The van der Waals surface area contributed by atoms with Gasteiger partial charge in [0.1, 0.15) is 6.61 Å². The number of amides is 1. The van der Waals surface area contributed by atoms with Crippen molar-refractivity contribution in [1.82, 2.24) is 0 Å². The zero-order chi connectivity index (χ0) is 15.9. The van der Waals surface area contributed by atoms with Gasteiger partial charge in [0.05, 0.1) is 5.56 Å². The van der Waals surface area contributed by atoms with Crippen LogP contribution in [0.4, 0.5) is 10.5 Å². The SMILES string of the molecule is Cc1cc(NC(=O)OCc2ccccc2)cc(C(=O)OBr)c1. The minimum atomic E-state index is -0.590. The second kappa shape index (κ2) is 7.61. The number of rotatable bonds is 4. The van der Waals surface area contributed by atoms with Crippen LogP contribution >= 0.6 is 16.3 Å². The fourth-order valence-electron chi connectivity index (χ4n) is 1.89. The summed E-state index contributed by atoms with van der Waals surface area (Å²) in [4.78, 5) is 23.3. The molecule has 1 amide bonds. The summed E-state index contributed by atoms with van der Waals surface area (Å²) in [5, 5.41) is 2.59. The van der Waals surface area contributed by atoms with Crippen LogP contribution in [-0.2, 0) is 15.2 Å². The zero-order valence-corrected chi connectivity index (χ0v) is 13.4. The van der Waals surface area contributed by atoms with Crippen molar-refractivity contribution in [2.45, 2.75) is 13.5 Å². The van der Waals surface area contributed by atoms with Crippen molar-refractivity contribution < 1.29 is 18.2 Å². The first-order valence-electron chi connectivity index (χ1n) is 6.51. The highest BCUT2D eigenvalue weighted by Crippen LogP contribution is 2.16. The third-order valence-corrected chi connectivity index (χ3v) is 3.14. The quantitative estimate of drug-likeness (QED) is 0.883. The number of carbonyl (C=O) groups excluding carboxylic acids is 2. The van der Waals surface area contributed by atoms with Crippen LogP contribution in [0.5, 0.6) is 0 Å². The van der Waals surface area contributed by atoms with Crippen LogP contribution in [0.25, 0.3) is 0 Å². The Morgan fingerprint density at radius 2 is 1.86 bits per heavy atom. The normalized spacial score (nSPS) is 9.91. The molecule has 0 spiro atoms. The molecular formula is C16H14BrNO4. The molecule has 5 nitrogen and oxygen atoms in total. The van der Waals surface area contributed by atoms with E-state index < -0.39 is 12.1 Å². The van der Waals surface area contributed by atoms with Crippen molar-refractivity contribution in [3.8, 4) is 0 Å². The van der Waals surface area contributed by atoms with Gasteiger partial charge in [-0.1, -0.05) is 30.3 Å². The molecule has 6 heteroatoms. The summed E-state index contributed by atoms with van der Waals surface area (Å²) in [7, 11) is 0. The van der Waals surface area contributed by atoms with E-state index in [1.165, 1.54) is 6.07 Å². The van der Waals surface area contributed by atoms with Crippen molar-refractivity contribution in [1.29, 1.82) is 0 Å². The van der Waals surface area contributed by atoms with Gasteiger partial charge in [-0.15, -0.1) is 0 Å². The fourth-order valence-corrected chi connectivity index (χ4v) is 2.08. The first kappa shape index (κ1) is 16.0. The van der Waals surface area contributed by atoms with Gasteiger partial charge in [0.2, 0.25) is 0 Å². The lowest BCUT2D eigenvalue weighted by atomic mass is 10.1. The third-order valence-electron chi connectivity index (χ3n) is 2.84. The van der Waals surface area contributed by atoms with Gasteiger partial charge in [-0.2, -0.15) is 0 Å². The molecule has 0 aliphatic heterocycles. The second-order valence-electron chi connectivity index (χ2n) is 4.64. The number of hydrogen-bond acceptors (Lipinski definition) is 4. The molecule has 2 rings (SSSR count). The van der Waals surface area contributed by atoms with Gasteiger partial charge < -0.3 is 8.57 Å². The number of aryl methyl sites for hydroxylation is 1. The van der Waals surface area contributed by atoms with Gasteiger partial charge in [0, 0.05) is 5.69 Å². The monoisotopic (exact) mass is 363 g/mol. The van der Waals surface area contributed by atoms with Crippen LogP contribution in [0.1, 0.15) is 21.5 Å². The van der Waals surface area contributed by atoms with Gasteiger partial charge in [-0.25, -0.2) is 9.59 Å². The topological polar surface area (TPSA) is 64.6 Å². The number of ether oxygens (including phenoxy) is 1. The second-order valence-corrected chi connectivity index (χ2v) is 4.96. The Bertz CT molecular complexity index is 673. The average molecular weight is 364 g/mol. The Morgan fingerprint density at radius 1 is 1.14 bits per heavy atom. The van der Waals surface area contributed by atoms with Crippen LogP contribution in [0.15, 0.2) is 48.5 Å². The molecule has 114 valence electrons. The lowest BCUT2D eigenvalue weighted by Crippen LogP contribution is -2.14. The molecule has 0 fully saturated rings. The first-order valence-corrected chi connectivity index (χ1v) is 7.15. The van der Waals surface area contributed by atoms with E-state index in [4.69, 9.17) is 4.74 Å². The molecule has 0 unspecified atom stereocenters. The smallest absolute Gasteiger partial charge is 0.411 e. The van der Waals surface area contributed by atoms with E-state index in [2.05, 4.69) is 25.4 Å². The minimum Gasteiger partial charge on any atom is -0.444 e. The summed E-state index contributed by atoms with van der Waals surface area (Å²) in [5.74, 6) is -0.538. The Kier molecular flexibility index (Phi) is 5.55. The Labute approximate surface area is 136 Å². The molecule has 0 atom stereocenters. The molecule has 0 radical (unpaired) electrons. The highest BCUT2D eigenvalue weighted by Gasteiger charge is 2.10. The lowest BCUT2D eigenvalue weighted by Gasteiger charge is -2.09. The maximum atomic E-state index is 11.8. The maximum absolute atomic E-state index is 11.8. The van der Waals surface area contributed by atoms with Crippen LogP contribution in [0, 0.1) is 6.92 Å². The standard InChI is InChI=1S/C16H14BrNO4/c1-11-7-13(15(19)22-17)9-14(8-11)18-16(20)21-10-12-5-3-2-4-6-12/h2-9H,10H2,1H3,(H,18,20). The zero-order valence-electron chi connectivity index (χ0n) is 11.8. The van der Waals surface area contributed by atoms with Crippen molar-refractivity contribution in [2.75, 3.05) is 5.32 Å². The highest BCUT2D eigenvalue weighted by atomic mass is 79.9. The Balaban J connectivity index is 1.99. The third kappa shape index (κ3) is 4.60. The molecule has 0 heterocycles. The number of anilines is 1. The van der Waals surface area contributed by atoms with E-state index in [9.17, 15) is 9.59 Å². The van der Waals surface area contributed by atoms with E-state index in [1.54, 1.807) is 12.1 Å². The van der Waals surface area contributed by atoms with Crippen molar-refractivity contribution in [3.63, 3.8) is 0 Å². The van der Waals surface area contributed by atoms with E-state index in [0.29, 0.717) is 11.3 Å². The van der Waals surface area contributed by atoms with Gasteiger partial charge in [-0.3, -0.25) is 5.32 Å². The molecule has 0 aromatic heterocycles. The maximum Gasteiger partial charge on any atom is 0.411 e. The molecule has 0 saturated heterocycles. The molecule has 0 aliphatic carbocycles. The van der Waals surface area contributed by atoms with Gasteiger partial charge in [0.15, 0.2) is 16.3 Å². The number of benzene rings is 2. The molecule has 2 aromatic carbocycles. The van der Waals surface area contributed by atoms with Crippen LogP contribution < -0.4 is 5.32 Å². The first-order chi connectivity index (χ1) is 10.6. The molecule has 2 aromatic rings. The van der Waals surface area contributed by atoms with E-state index in [0.717, 1.165) is 11.1 Å². The summed E-state index contributed by atoms with van der Waals surface area (Å²) < 4.78 is 9.61. The predicted octanol–water partition coefficient (Wildman–Crippen LogP) is 4.21. The van der Waals surface area contributed by atoms with Crippen molar-refractivity contribution >= 4 is 34.0 Å². The van der Waals surface area contributed by atoms with Crippen molar-refractivity contribution in [3.05, 3.63) is 65.2 Å². The molecule has 0 aliphatic rings. The molecule has 1 N–H and O–H groups in total. The largest absolute Gasteiger partial charge is 0.444 e. The summed E-state index contributed by atoms with van der Waals surface area (Å²) in [5.41, 5.74) is 2.50. The lowest BCUT2D eigenvalue weighted by molar-refractivity contribution is 0.0781. The molecule has 0 saturated carbocycles. The van der Waals surface area contributed by atoms with Crippen LogP contribution in [-0.4, -0.2) is 12.1 Å². The summed E-state index contributed by atoms with van der Waals surface area (Å²) in [6.45, 7) is 1.99. The number of nitrogens with one attached hydrogen (secondary N) is 1. The van der Waals surface area contributed by atoms with Crippen molar-refractivity contribution in [2.24, 2.45) is 0 Å². The number of carbonyl (C=O) groups is 2. The highest BCUT2D eigenvalue weighted by molar-refractivity contribution is 9.06. The fraction of sp³-hybridized carbons (Fsp3) is 0.125. The van der Waals surface area contributed by atoms with Gasteiger partial charge in [-0.05, 0) is 36.2 Å².